The molecular weight excluding hydrogens is 255 g/mol. The zero-order valence-electron chi connectivity index (χ0n) is 8.68. The van der Waals surface area contributed by atoms with Crippen LogP contribution in [0.5, 0.6) is 5.75 Å². The quantitative estimate of drug-likeness (QED) is 0.776. The van der Waals surface area contributed by atoms with E-state index in [0.29, 0.717) is 16.7 Å². The molecule has 17 heavy (non-hydrogen) atoms. The van der Waals surface area contributed by atoms with E-state index in [2.05, 4.69) is 4.98 Å². The molecule has 0 unspecified atom stereocenters. The molecule has 0 saturated carbocycles. The lowest BCUT2D eigenvalue weighted by atomic mass is 10.1. The van der Waals surface area contributed by atoms with Crippen LogP contribution < -0.4 is 4.74 Å². The molecule has 0 atom stereocenters. The first-order valence-corrected chi connectivity index (χ1v) is 5.00. The number of hydrogen-bond acceptors (Lipinski definition) is 2. The second-order valence-corrected chi connectivity index (χ2v) is 3.80. The predicted octanol–water partition coefficient (Wildman–Crippen LogP) is 3.92. The molecule has 0 saturated heterocycles. The van der Waals surface area contributed by atoms with Crippen LogP contribution in [0.2, 0.25) is 5.02 Å². The maximum absolute atomic E-state index is 12.6. The van der Waals surface area contributed by atoms with Crippen molar-refractivity contribution >= 4 is 22.5 Å². The summed E-state index contributed by atoms with van der Waals surface area (Å²) in [6.07, 6.45) is -3.06. The average Bonchev–Trinajstić information content (AvgIpc) is 2.26. The van der Waals surface area contributed by atoms with Crippen molar-refractivity contribution < 1.29 is 17.9 Å². The number of alkyl halides is 3. The van der Waals surface area contributed by atoms with Crippen molar-refractivity contribution in [2.45, 2.75) is 6.18 Å². The fourth-order valence-corrected chi connectivity index (χ4v) is 1.72. The van der Waals surface area contributed by atoms with E-state index < -0.39 is 11.7 Å². The van der Waals surface area contributed by atoms with Gasteiger partial charge in [0, 0.05) is 5.39 Å². The van der Waals surface area contributed by atoms with Crippen molar-refractivity contribution in [1.29, 1.82) is 0 Å². The summed E-state index contributed by atoms with van der Waals surface area (Å²) in [6.45, 7) is 0. The lowest BCUT2D eigenvalue weighted by Crippen LogP contribution is -2.05. The molecule has 6 heteroatoms. The fourth-order valence-electron chi connectivity index (χ4n) is 1.46. The number of fused-ring (bicyclic) bond motifs is 1. The van der Waals surface area contributed by atoms with Crippen LogP contribution in [0.3, 0.4) is 0 Å². The Bertz CT molecular complexity index is 568. The van der Waals surface area contributed by atoms with Crippen molar-refractivity contribution in [3.8, 4) is 5.75 Å². The number of aromatic nitrogens is 1. The zero-order valence-corrected chi connectivity index (χ0v) is 9.43. The molecule has 0 fully saturated rings. The standard InChI is InChI=1S/C11H7ClF3NO/c1-17-7-2-6-3-8(11(13,14)15)9(12)4-10(6)16-5-7/h2-5H,1H3. The minimum atomic E-state index is -4.48. The Balaban J connectivity index is 2.69. The molecule has 0 N–H and O–H groups in total. The van der Waals surface area contributed by atoms with Gasteiger partial charge in [-0.05, 0) is 18.2 Å². The van der Waals surface area contributed by atoms with Gasteiger partial charge < -0.3 is 4.74 Å². The molecule has 2 nitrogen and oxygen atoms in total. The first-order valence-electron chi connectivity index (χ1n) is 4.62. The van der Waals surface area contributed by atoms with Crippen LogP contribution in [-0.4, -0.2) is 12.1 Å². The number of methoxy groups -OCH3 is 1. The summed E-state index contributed by atoms with van der Waals surface area (Å²) in [5, 5.41) is -0.0243. The van der Waals surface area contributed by atoms with E-state index in [9.17, 15) is 13.2 Å². The molecule has 1 aromatic carbocycles. The Kier molecular flexibility index (Phi) is 2.87. The van der Waals surface area contributed by atoms with Gasteiger partial charge in [0.2, 0.25) is 0 Å². The van der Waals surface area contributed by atoms with Crippen LogP contribution in [0.4, 0.5) is 13.2 Å². The van der Waals surface area contributed by atoms with Gasteiger partial charge in [0.1, 0.15) is 5.75 Å². The van der Waals surface area contributed by atoms with Gasteiger partial charge in [0.15, 0.2) is 0 Å². The van der Waals surface area contributed by atoms with Crippen molar-refractivity contribution in [2.75, 3.05) is 7.11 Å². The maximum Gasteiger partial charge on any atom is 0.417 e. The Morgan fingerprint density at radius 3 is 2.53 bits per heavy atom. The second-order valence-electron chi connectivity index (χ2n) is 3.40. The molecule has 0 aliphatic heterocycles. The lowest BCUT2D eigenvalue weighted by molar-refractivity contribution is -0.137. The van der Waals surface area contributed by atoms with E-state index in [1.54, 1.807) is 0 Å². The molecule has 1 aromatic heterocycles. The summed E-state index contributed by atoms with van der Waals surface area (Å²) in [5.41, 5.74) is -0.481. The highest BCUT2D eigenvalue weighted by Crippen LogP contribution is 2.37. The number of rotatable bonds is 1. The average molecular weight is 262 g/mol. The number of hydrogen-bond donors (Lipinski definition) is 0. The van der Waals surface area contributed by atoms with Gasteiger partial charge in [-0.2, -0.15) is 13.2 Å². The summed E-state index contributed by atoms with van der Waals surface area (Å²) in [5.74, 6) is 0.396. The first kappa shape index (κ1) is 12.0. The van der Waals surface area contributed by atoms with Crippen LogP contribution in [-0.2, 0) is 6.18 Å². The van der Waals surface area contributed by atoms with Crippen LogP contribution in [0.15, 0.2) is 24.4 Å². The molecule has 2 rings (SSSR count). The van der Waals surface area contributed by atoms with E-state index in [1.807, 2.05) is 0 Å². The van der Waals surface area contributed by atoms with E-state index in [0.717, 1.165) is 6.07 Å². The van der Waals surface area contributed by atoms with Crippen molar-refractivity contribution in [2.24, 2.45) is 0 Å². The molecule has 90 valence electrons. The summed E-state index contributed by atoms with van der Waals surface area (Å²) >= 11 is 5.57. The third-order valence-corrected chi connectivity index (χ3v) is 2.60. The monoisotopic (exact) mass is 261 g/mol. The molecular formula is C11H7ClF3NO. The molecule has 0 amide bonds. The van der Waals surface area contributed by atoms with Gasteiger partial charge in [0.05, 0.1) is 29.4 Å². The van der Waals surface area contributed by atoms with E-state index in [1.165, 1.54) is 25.4 Å². The topological polar surface area (TPSA) is 22.1 Å². The molecule has 0 bridgehead atoms. The van der Waals surface area contributed by atoms with Gasteiger partial charge >= 0.3 is 6.18 Å². The second kappa shape index (κ2) is 4.07. The Morgan fingerprint density at radius 1 is 1.24 bits per heavy atom. The van der Waals surface area contributed by atoms with Gasteiger partial charge in [-0.15, -0.1) is 0 Å². The minimum absolute atomic E-state index is 0.334. The maximum atomic E-state index is 12.6. The van der Waals surface area contributed by atoms with Gasteiger partial charge in [-0.25, -0.2) is 0 Å². The number of nitrogens with zero attached hydrogens (tertiary/aromatic N) is 1. The first-order chi connectivity index (χ1) is 7.91. The number of benzene rings is 1. The van der Waals surface area contributed by atoms with Gasteiger partial charge in [0.25, 0.3) is 0 Å². The molecule has 0 aliphatic carbocycles. The number of pyridine rings is 1. The van der Waals surface area contributed by atoms with E-state index in [4.69, 9.17) is 16.3 Å². The summed E-state index contributed by atoms with van der Waals surface area (Å²) < 4.78 is 42.8. The number of halogens is 4. The highest BCUT2D eigenvalue weighted by atomic mass is 35.5. The van der Waals surface area contributed by atoms with Crippen LogP contribution >= 0.6 is 11.6 Å². The molecule has 0 spiro atoms. The largest absolute Gasteiger partial charge is 0.495 e. The number of ether oxygens (including phenoxy) is 1. The van der Waals surface area contributed by atoms with E-state index >= 15 is 0 Å². The van der Waals surface area contributed by atoms with E-state index in [-0.39, 0.29) is 5.02 Å². The van der Waals surface area contributed by atoms with Crippen LogP contribution in [0, 0.1) is 0 Å². The Hall–Kier alpha value is -1.49. The Labute approximate surface area is 100.0 Å². The van der Waals surface area contributed by atoms with Crippen LogP contribution in [0.1, 0.15) is 5.56 Å². The molecule has 0 aliphatic rings. The summed E-state index contributed by atoms with van der Waals surface area (Å²) in [7, 11) is 1.42. The van der Waals surface area contributed by atoms with Crippen LogP contribution in [0.25, 0.3) is 10.9 Å². The highest BCUT2D eigenvalue weighted by Gasteiger charge is 2.33. The third kappa shape index (κ3) is 2.29. The predicted molar refractivity (Wildman–Crippen MR) is 58.3 cm³/mol. The summed E-state index contributed by atoms with van der Waals surface area (Å²) in [4.78, 5) is 3.96. The third-order valence-electron chi connectivity index (χ3n) is 2.29. The Morgan fingerprint density at radius 2 is 1.94 bits per heavy atom. The molecule has 2 aromatic rings. The SMILES string of the molecule is COc1cnc2cc(Cl)c(C(F)(F)F)cc2c1. The summed E-state index contributed by atoms with van der Waals surface area (Å²) in [6, 6.07) is 3.64. The lowest BCUT2D eigenvalue weighted by Gasteiger charge is -2.10. The van der Waals surface area contributed by atoms with Gasteiger partial charge in [-0.3, -0.25) is 4.98 Å². The minimum Gasteiger partial charge on any atom is -0.495 e. The van der Waals surface area contributed by atoms with Crippen molar-refractivity contribution in [3.05, 3.63) is 35.0 Å². The van der Waals surface area contributed by atoms with Gasteiger partial charge in [-0.1, -0.05) is 11.6 Å². The molecule has 0 radical (unpaired) electrons. The van der Waals surface area contributed by atoms with Crippen molar-refractivity contribution in [1.82, 2.24) is 4.98 Å². The van der Waals surface area contributed by atoms with Crippen molar-refractivity contribution in [3.63, 3.8) is 0 Å². The highest BCUT2D eigenvalue weighted by molar-refractivity contribution is 6.32. The molecule has 1 heterocycles. The normalized spacial score (nSPS) is 11.8. The zero-order chi connectivity index (χ0) is 12.6. The smallest absolute Gasteiger partial charge is 0.417 e. The fraction of sp³-hybridized carbons (Fsp3) is 0.182.